The Bertz CT molecular complexity index is 1240. The number of carbonyl (C=O) groups excluding carboxylic acids is 1. The number of aryl methyl sites for hydroxylation is 1. The largest absolute Gasteiger partial charge is 0.496 e. The van der Waals surface area contributed by atoms with Crippen molar-refractivity contribution >= 4 is 29.5 Å². The molecule has 4 rings (SSSR count). The molecule has 8 nitrogen and oxygen atoms in total. The average Bonchev–Trinajstić information content (AvgIpc) is 3.52. The zero-order chi connectivity index (χ0) is 22.0. The Morgan fingerprint density at radius 2 is 2.10 bits per heavy atom. The Labute approximate surface area is 188 Å². The Morgan fingerprint density at radius 3 is 2.77 bits per heavy atom. The van der Waals surface area contributed by atoms with Crippen molar-refractivity contribution in [2.75, 3.05) is 7.11 Å². The summed E-state index contributed by atoms with van der Waals surface area (Å²) in [5.41, 5.74) is 0.814. The molecule has 3 heterocycles. The normalized spacial score (nSPS) is 13.0. The highest BCUT2D eigenvalue weighted by Gasteiger charge is 2.28. The Morgan fingerprint density at radius 1 is 1.29 bits per heavy atom. The molecule has 160 valence electrons. The van der Waals surface area contributed by atoms with Crippen LogP contribution in [-0.2, 0) is 11.8 Å². The van der Waals surface area contributed by atoms with Gasteiger partial charge < -0.3 is 14.6 Å². The first-order chi connectivity index (χ1) is 15.0. The van der Waals surface area contributed by atoms with E-state index in [0.29, 0.717) is 22.2 Å². The van der Waals surface area contributed by atoms with Crippen LogP contribution in [0.1, 0.15) is 30.4 Å². The SMILES string of the molecule is COc1ccccc1C(NC(=O)C(C)n1c(-c2cccs2)n[nH]c1=S)c1nccn1C. The minimum Gasteiger partial charge on any atom is -0.496 e. The Kier molecular flexibility index (Phi) is 6.01. The summed E-state index contributed by atoms with van der Waals surface area (Å²) in [5.74, 6) is 1.78. The van der Waals surface area contributed by atoms with Crippen LogP contribution in [0.2, 0.25) is 0 Å². The number of amides is 1. The number of para-hydroxylation sites is 1. The van der Waals surface area contributed by atoms with Crippen molar-refractivity contribution < 1.29 is 9.53 Å². The molecule has 4 aromatic rings. The van der Waals surface area contributed by atoms with Gasteiger partial charge in [-0.25, -0.2) is 4.98 Å². The molecule has 0 radical (unpaired) electrons. The summed E-state index contributed by atoms with van der Waals surface area (Å²) in [4.78, 5) is 18.8. The quantitative estimate of drug-likeness (QED) is 0.414. The summed E-state index contributed by atoms with van der Waals surface area (Å²) in [6.45, 7) is 1.80. The average molecular weight is 455 g/mol. The molecule has 0 aliphatic heterocycles. The van der Waals surface area contributed by atoms with Crippen LogP contribution in [0, 0.1) is 4.77 Å². The van der Waals surface area contributed by atoms with E-state index in [2.05, 4.69) is 20.5 Å². The molecule has 2 N–H and O–H groups in total. The molecular weight excluding hydrogens is 432 g/mol. The third kappa shape index (κ3) is 4.04. The van der Waals surface area contributed by atoms with Crippen LogP contribution in [-0.4, -0.2) is 37.3 Å². The molecule has 0 bridgehead atoms. The van der Waals surface area contributed by atoms with Crippen LogP contribution in [0.3, 0.4) is 0 Å². The second-order valence-electron chi connectivity index (χ2n) is 6.96. The zero-order valence-electron chi connectivity index (χ0n) is 17.3. The summed E-state index contributed by atoms with van der Waals surface area (Å²) in [5, 5.41) is 12.2. The third-order valence-corrected chi connectivity index (χ3v) is 6.22. The molecule has 0 saturated heterocycles. The fraction of sp³-hybridized carbons (Fsp3) is 0.238. The van der Waals surface area contributed by atoms with Gasteiger partial charge in [0.15, 0.2) is 10.6 Å². The summed E-state index contributed by atoms with van der Waals surface area (Å²) in [7, 11) is 3.50. The van der Waals surface area contributed by atoms with E-state index in [0.717, 1.165) is 10.4 Å². The molecule has 10 heteroatoms. The van der Waals surface area contributed by atoms with E-state index in [1.54, 1.807) is 24.8 Å². The lowest BCUT2D eigenvalue weighted by Crippen LogP contribution is -2.36. The topological polar surface area (TPSA) is 89.8 Å². The fourth-order valence-electron chi connectivity index (χ4n) is 3.47. The van der Waals surface area contributed by atoms with Gasteiger partial charge in [-0.3, -0.25) is 14.5 Å². The molecule has 1 aromatic carbocycles. The smallest absolute Gasteiger partial charge is 0.243 e. The number of aromatic amines is 1. The summed E-state index contributed by atoms with van der Waals surface area (Å²) in [6, 6.07) is 10.4. The molecule has 0 aliphatic rings. The van der Waals surface area contributed by atoms with Gasteiger partial charge in [0.25, 0.3) is 0 Å². The number of nitrogens with one attached hydrogen (secondary N) is 2. The fourth-order valence-corrected chi connectivity index (χ4v) is 4.47. The number of thiophene rings is 1. The summed E-state index contributed by atoms with van der Waals surface area (Å²) < 4.78 is 9.54. The molecule has 2 unspecified atom stereocenters. The van der Waals surface area contributed by atoms with Crippen molar-refractivity contribution in [3.63, 3.8) is 0 Å². The van der Waals surface area contributed by atoms with Gasteiger partial charge >= 0.3 is 0 Å². The van der Waals surface area contributed by atoms with E-state index in [9.17, 15) is 4.79 Å². The van der Waals surface area contributed by atoms with Gasteiger partial charge in [-0.1, -0.05) is 24.3 Å². The maximum absolute atomic E-state index is 13.4. The monoisotopic (exact) mass is 454 g/mol. The number of imidazole rings is 1. The highest BCUT2D eigenvalue weighted by atomic mass is 32.1. The lowest BCUT2D eigenvalue weighted by atomic mass is 10.0. The van der Waals surface area contributed by atoms with Crippen molar-refractivity contribution in [1.82, 2.24) is 29.6 Å². The van der Waals surface area contributed by atoms with Crippen LogP contribution >= 0.6 is 23.6 Å². The first-order valence-corrected chi connectivity index (χ1v) is 10.9. The van der Waals surface area contributed by atoms with Crippen LogP contribution in [0.4, 0.5) is 0 Å². The van der Waals surface area contributed by atoms with E-state index in [4.69, 9.17) is 17.0 Å². The van der Waals surface area contributed by atoms with Crippen molar-refractivity contribution in [3.8, 4) is 16.5 Å². The lowest BCUT2D eigenvalue weighted by molar-refractivity contribution is -0.124. The molecule has 0 spiro atoms. The van der Waals surface area contributed by atoms with Crippen molar-refractivity contribution in [2.45, 2.75) is 19.0 Å². The minimum absolute atomic E-state index is 0.214. The van der Waals surface area contributed by atoms with Crippen molar-refractivity contribution in [1.29, 1.82) is 0 Å². The molecule has 1 amide bonds. The van der Waals surface area contributed by atoms with Crippen LogP contribution in [0.25, 0.3) is 10.7 Å². The number of ether oxygens (including phenoxy) is 1. The van der Waals surface area contributed by atoms with Crippen molar-refractivity contribution in [2.24, 2.45) is 7.05 Å². The van der Waals surface area contributed by atoms with Gasteiger partial charge in [-0.2, -0.15) is 5.10 Å². The zero-order valence-corrected chi connectivity index (χ0v) is 18.9. The van der Waals surface area contributed by atoms with Gasteiger partial charge in [0.05, 0.1) is 12.0 Å². The van der Waals surface area contributed by atoms with Gasteiger partial charge in [0.2, 0.25) is 5.91 Å². The molecular formula is C21H22N6O2S2. The number of rotatable bonds is 7. The summed E-state index contributed by atoms with van der Waals surface area (Å²) >= 11 is 6.96. The molecule has 2 atom stereocenters. The van der Waals surface area contributed by atoms with E-state index in [-0.39, 0.29) is 5.91 Å². The van der Waals surface area contributed by atoms with Crippen molar-refractivity contribution in [3.05, 3.63) is 70.3 Å². The Hall–Kier alpha value is -3.24. The van der Waals surface area contributed by atoms with Crippen LogP contribution in [0.5, 0.6) is 5.75 Å². The first-order valence-electron chi connectivity index (χ1n) is 9.62. The molecule has 31 heavy (non-hydrogen) atoms. The maximum Gasteiger partial charge on any atom is 0.243 e. The molecule has 0 fully saturated rings. The summed E-state index contributed by atoms with van der Waals surface area (Å²) in [6.07, 6.45) is 3.54. The lowest BCUT2D eigenvalue weighted by Gasteiger charge is -2.23. The molecule has 0 saturated carbocycles. The third-order valence-electron chi connectivity index (χ3n) is 5.07. The predicted molar refractivity (Wildman–Crippen MR) is 122 cm³/mol. The van der Waals surface area contributed by atoms with Gasteiger partial charge in [0.1, 0.15) is 23.7 Å². The highest BCUT2D eigenvalue weighted by Crippen LogP contribution is 2.30. The van der Waals surface area contributed by atoms with Gasteiger partial charge in [-0.05, 0) is 36.7 Å². The van der Waals surface area contributed by atoms with E-state index < -0.39 is 12.1 Å². The van der Waals surface area contributed by atoms with E-state index >= 15 is 0 Å². The minimum atomic E-state index is -0.596. The number of methoxy groups -OCH3 is 1. The Balaban J connectivity index is 1.70. The number of H-pyrrole nitrogens is 1. The number of hydrogen-bond acceptors (Lipinski definition) is 6. The molecule has 3 aromatic heterocycles. The van der Waals surface area contributed by atoms with Gasteiger partial charge in [-0.15, -0.1) is 11.3 Å². The maximum atomic E-state index is 13.4. The number of benzene rings is 1. The molecule has 0 aliphatic carbocycles. The number of hydrogen-bond donors (Lipinski definition) is 2. The standard InChI is InChI=1S/C21H22N6O2S2/c1-13(27-18(24-25-21(27)30)16-9-6-12-31-16)20(28)23-17(19-22-10-11-26(19)2)14-7-4-5-8-15(14)29-3/h4-13,17H,1-3H3,(H,23,28)(H,25,30). The highest BCUT2D eigenvalue weighted by molar-refractivity contribution is 7.71. The first kappa shape index (κ1) is 21.0. The second kappa shape index (κ2) is 8.86. The van der Waals surface area contributed by atoms with E-state index in [1.165, 1.54) is 11.3 Å². The predicted octanol–water partition coefficient (Wildman–Crippen LogP) is 3.88. The van der Waals surface area contributed by atoms with E-state index in [1.807, 2.05) is 59.6 Å². The van der Waals surface area contributed by atoms with Crippen LogP contribution < -0.4 is 10.1 Å². The van der Waals surface area contributed by atoms with Crippen LogP contribution in [0.15, 0.2) is 54.2 Å². The number of nitrogens with zero attached hydrogens (tertiary/aromatic N) is 4. The number of aromatic nitrogens is 5. The second-order valence-corrected chi connectivity index (χ2v) is 8.29. The van der Waals surface area contributed by atoms with Gasteiger partial charge in [0, 0.05) is 25.0 Å². The number of carbonyl (C=O) groups is 1.